The molecule has 0 radical (unpaired) electrons. The lowest BCUT2D eigenvalue weighted by atomic mass is 9.99. The van der Waals surface area contributed by atoms with Crippen LogP contribution in [0.25, 0.3) is 0 Å². The molecule has 2 aliphatic rings. The van der Waals surface area contributed by atoms with E-state index in [1.807, 2.05) is 0 Å². The van der Waals surface area contributed by atoms with Gasteiger partial charge < -0.3 is 9.84 Å². The maximum Gasteiger partial charge on any atom is 0.231 e. The molecule has 1 aromatic rings. The van der Waals surface area contributed by atoms with Crippen molar-refractivity contribution in [2.24, 2.45) is 0 Å². The molecule has 0 bridgehead atoms. The van der Waals surface area contributed by atoms with Gasteiger partial charge in [-0.2, -0.15) is 4.98 Å². The highest BCUT2D eigenvalue weighted by molar-refractivity contribution is 5.05. The van der Waals surface area contributed by atoms with Gasteiger partial charge in [0.2, 0.25) is 5.89 Å². The van der Waals surface area contributed by atoms with Gasteiger partial charge in [-0.25, -0.2) is 0 Å². The number of rotatable bonds is 4. The second-order valence-electron chi connectivity index (χ2n) is 6.38. The highest BCUT2D eigenvalue weighted by Crippen LogP contribution is 2.35. The lowest BCUT2D eigenvalue weighted by Crippen LogP contribution is -2.31. The van der Waals surface area contributed by atoms with E-state index < -0.39 is 0 Å². The summed E-state index contributed by atoms with van der Waals surface area (Å²) in [6.07, 6.45) is 11.5. The third kappa shape index (κ3) is 3.05. The van der Waals surface area contributed by atoms with Crippen molar-refractivity contribution in [1.82, 2.24) is 15.5 Å². The van der Waals surface area contributed by atoms with Crippen molar-refractivity contribution in [1.29, 1.82) is 0 Å². The van der Waals surface area contributed by atoms with E-state index in [0.29, 0.717) is 17.9 Å². The Morgan fingerprint density at radius 3 is 2.60 bits per heavy atom. The summed E-state index contributed by atoms with van der Waals surface area (Å²) in [4.78, 5) is 4.77. The van der Waals surface area contributed by atoms with Gasteiger partial charge in [0, 0.05) is 12.0 Å². The molecular weight excluding hydrogens is 250 g/mol. The predicted octanol–water partition coefficient (Wildman–Crippen LogP) is 3.75. The van der Waals surface area contributed by atoms with E-state index in [-0.39, 0.29) is 0 Å². The fourth-order valence-corrected chi connectivity index (χ4v) is 3.86. The monoisotopic (exact) mass is 277 g/mol. The standard InChI is InChI=1S/C16H27N3O/c1-2-17-14-11-7-10-13(14)16-18-15(19-20-16)12-8-5-3-4-6-9-12/h12-14,17H,2-11H2,1H3. The third-order valence-corrected chi connectivity index (χ3v) is 4.98. The first kappa shape index (κ1) is 14.1. The number of aromatic nitrogens is 2. The number of likely N-dealkylation sites (N-methyl/N-ethyl adjacent to an activating group) is 1. The van der Waals surface area contributed by atoms with Crippen molar-refractivity contribution in [3.63, 3.8) is 0 Å². The zero-order chi connectivity index (χ0) is 13.8. The Hall–Kier alpha value is -0.900. The van der Waals surface area contributed by atoms with Gasteiger partial charge in [-0.3, -0.25) is 0 Å². The summed E-state index contributed by atoms with van der Waals surface area (Å²) >= 11 is 0. The summed E-state index contributed by atoms with van der Waals surface area (Å²) in [5, 5.41) is 7.87. The van der Waals surface area contributed by atoms with Crippen molar-refractivity contribution in [3.05, 3.63) is 11.7 Å². The maximum absolute atomic E-state index is 5.62. The Balaban J connectivity index is 1.69. The van der Waals surface area contributed by atoms with Crippen molar-refractivity contribution < 1.29 is 4.52 Å². The fourth-order valence-electron chi connectivity index (χ4n) is 3.86. The van der Waals surface area contributed by atoms with Crippen molar-refractivity contribution in [3.8, 4) is 0 Å². The number of nitrogens with one attached hydrogen (secondary N) is 1. The highest BCUT2D eigenvalue weighted by Gasteiger charge is 2.33. The Bertz CT molecular complexity index is 410. The fraction of sp³-hybridized carbons (Fsp3) is 0.875. The molecule has 0 aliphatic heterocycles. The SMILES string of the molecule is CCNC1CCCC1c1nc(C2CCCCCC2)no1. The van der Waals surface area contributed by atoms with Crippen LogP contribution in [0.1, 0.15) is 88.3 Å². The molecule has 112 valence electrons. The van der Waals surface area contributed by atoms with Gasteiger partial charge in [0.05, 0.1) is 5.92 Å². The molecule has 2 atom stereocenters. The second-order valence-corrected chi connectivity index (χ2v) is 6.38. The summed E-state index contributed by atoms with van der Waals surface area (Å²) in [7, 11) is 0. The summed E-state index contributed by atoms with van der Waals surface area (Å²) < 4.78 is 5.62. The number of hydrogen-bond donors (Lipinski definition) is 1. The molecule has 1 aromatic heterocycles. The molecule has 3 rings (SSSR count). The molecule has 1 heterocycles. The summed E-state index contributed by atoms with van der Waals surface area (Å²) in [6, 6.07) is 0.530. The Labute approximate surface area is 121 Å². The number of hydrogen-bond acceptors (Lipinski definition) is 4. The van der Waals surface area contributed by atoms with E-state index in [9.17, 15) is 0 Å². The van der Waals surface area contributed by atoms with Gasteiger partial charge in [-0.1, -0.05) is 44.2 Å². The molecular formula is C16H27N3O. The van der Waals surface area contributed by atoms with E-state index in [1.54, 1.807) is 0 Å². The van der Waals surface area contributed by atoms with Crippen LogP contribution in [0.5, 0.6) is 0 Å². The van der Waals surface area contributed by atoms with Gasteiger partial charge in [0.15, 0.2) is 5.82 Å². The highest BCUT2D eigenvalue weighted by atomic mass is 16.5. The van der Waals surface area contributed by atoms with E-state index in [1.165, 1.54) is 57.8 Å². The smallest absolute Gasteiger partial charge is 0.231 e. The Morgan fingerprint density at radius 2 is 1.85 bits per heavy atom. The molecule has 1 N–H and O–H groups in total. The summed E-state index contributed by atoms with van der Waals surface area (Å²) in [5.41, 5.74) is 0. The first-order chi connectivity index (χ1) is 9.88. The van der Waals surface area contributed by atoms with Gasteiger partial charge in [0.1, 0.15) is 0 Å². The first-order valence-electron chi connectivity index (χ1n) is 8.45. The molecule has 2 unspecified atom stereocenters. The third-order valence-electron chi connectivity index (χ3n) is 4.98. The molecule has 4 nitrogen and oxygen atoms in total. The van der Waals surface area contributed by atoms with Crippen molar-refractivity contribution in [2.45, 2.75) is 82.6 Å². The minimum atomic E-state index is 0.432. The van der Waals surface area contributed by atoms with Gasteiger partial charge >= 0.3 is 0 Å². The second kappa shape index (κ2) is 6.70. The van der Waals surface area contributed by atoms with Crippen LogP contribution < -0.4 is 5.32 Å². The van der Waals surface area contributed by atoms with Crippen LogP contribution >= 0.6 is 0 Å². The van der Waals surface area contributed by atoms with Crippen LogP contribution in [0.4, 0.5) is 0 Å². The van der Waals surface area contributed by atoms with Crippen LogP contribution in [0, 0.1) is 0 Å². The number of nitrogens with zero attached hydrogens (tertiary/aromatic N) is 2. The zero-order valence-electron chi connectivity index (χ0n) is 12.6. The van der Waals surface area contributed by atoms with Gasteiger partial charge in [-0.05, 0) is 32.2 Å². The van der Waals surface area contributed by atoms with Crippen LogP contribution in [0.3, 0.4) is 0 Å². The normalized spacial score (nSPS) is 28.6. The zero-order valence-corrected chi connectivity index (χ0v) is 12.6. The largest absolute Gasteiger partial charge is 0.339 e. The molecule has 2 aliphatic carbocycles. The predicted molar refractivity (Wildman–Crippen MR) is 78.8 cm³/mol. The van der Waals surface area contributed by atoms with Crippen LogP contribution in [0.15, 0.2) is 4.52 Å². The van der Waals surface area contributed by atoms with Crippen molar-refractivity contribution >= 4 is 0 Å². The van der Waals surface area contributed by atoms with E-state index in [4.69, 9.17) is 9.51 Å². The first-order valence-corrected chi connectivity index (χ1v) is 8.45. The van der Waals surface area contributed by atoms with Gasteiger partial charge in [0.25, 0.3) is 0 Å². The molecule has 2 fully saturated rings. The molecule has 0 aromatic carbocycles. The Kier molecular flexibility index (Phi) is 4.71. The molecule has 0 saturated heterocycles. The molecule has 4 heteroatoms. The summed E-state index contributed by atoms with van der Waals surface area (Å²) in [5.74, 6) is 2.83. The van der Waals surface area contributed by atoms with Gasteiger partial charge in [-0.15, -0.1) is 0 Å². The topological polar surface area (TPSA) is 51.0 Å². The van der Waals surface area contributed by atoms with E-state index >= 15 is 0 Å². The molecule has 0 spiro atoms. The average molecular weight is 277 g/mol. The minimum Gasteiger partial charge on any atom is -0.339 e. The average Bonchev–Trinajstić information content (AvgIpc) is 3.02. The lowest BCUT2D eigenvalue weighted by Gasteiger charge is -2.16. The summed E-state index contributed by atoms with van der Waals surface area (Å²) in [6.45, 7) is 3.19. The molecule has 20 heavy (non-hydrogen) atoms. The Morgan fingerprint density at radius 1 is 1.05 bits per heavy atom. The molecule has 2 saturated carbocycles. The van der Waals surface area contributed by atoms with E-state index in [2.05, 4.69) is 17.4 Å². The van der Waals surface area contributed by atoms with Crippen LogP contribution in [-0.2, 0) is 0 Å². The lowest BCUT2D eigenvalue weighted by molar-refractivity contribution is 0.326. The van der Waals surface area contributed by atoms with Crippen LogP contribution in [-0.4, -0.2) is 22.7 Å². The minimum absolute atomic E-state index is 0.432. The quantitative estimate of drug-likeness (QED) is 0.851. The maximum atomic E-state index is 5.62. The van der Waals surface area contributed by atoms with E-state index in [0.717, 1.165) is 18.3 Å². The van der Waals surface area contributed by atoms with Crippen molar-refractivity contribution in [2.75, 3.05) is 6.54 Å². The molecule has 0 amide bonds. The van der Waals surface area contributed by atoms with Crippen LogP contribution in [0.2, 0.25) is 0 Å².